The molecule has 0 spiro atoms. The number of nitriles is 1. The van der Waals surface area contributed by atoms with Crippen molar-refractivity contribution in [2.24, 2.45) is 10.7 Å². The van der Waals surface area contributed by atoms with Gasteiger partial charge in [0.1, 0.15) is 11.5 Å². The van der Waals surface area contributed by atoms with Crippen LogP contribution in [0.5, 0.6) is 0 Å². The molecule has 6 nitrogen and oxygen atoms in total. The van der Waals surface area contributed by atoms with Crippen molar-refractivity contribution in [1.29, 1.82) is 5.26 Å². The van der Waals surface area contributed by atoms with Crippen molar-refractivity contribution in [3.8, 4) is 6.19 Å². The molecule has 1 amide bonds. The highest BCUT2D eigenvalue weighted by molar-refractivity contribution is 6.45. The summed E-state index contributed by atoms with van der Waals surface area (Å²) in [5, 5.41) is 9.19. The van der Waals surface area contributed by atoms with Crippen LogP contribution in [0, 0.1) is 17.3 Å². The minimum Gasteiger partial charge on any atom is -0.400 e. The Morgan fingerprint density at radius 2 is 2.07 bits per heavy atom. The lowest BCUT2D eigenvalue weighted by Crippen LogP contribution is -2.44. The van der Waals surface area contributed by atoms with Gasteiger partial charge in [-0.1, -0.05) is 23.7 Å². The van der Waals surface area contributed by atoms with E-state index in [1.807, 2.05) is 6.07 Å². The van der Waals surface area contributed by atoms with Crippen LogP contribution in [0.1, 0.15) is 30.7 Å². The summed E-state index contributed by atoms with van der Waals surface area (Å²) in [5.74, 6) is -0.434. The summed E-state index contributed by atoms with van der Waals surface area (Å²) in [7, 11) is 1.59. The van der Waals surface area contributed by atoms with Crippen LogP contribution >= 0.6 is 11.6 Å². The largest absolute Gasteiger partial charge is 0.400 e. The molecule has 8 heteroatoms. The van der Waals surface area contributed by atoms with Crippen LogP contribution in [0.3, 0.4) is 0 Å². The zero-order valence-electron chi connectivity index (χ0n) is 15.8. The number of amides is 1. The first-order valence-electron chi connectivity index (χ1n) is 9.28. The maximum absolute atomic E-state index is 13.7. The molecule has 2 N–H and O–H groups in total. The van der Waals surface area contributed by atoms with E-state index in [-0.39, 0.29) is 16.8 Å². The Bertz CT molecular complexity index is 868. The second kappa shape index (κ2) is 8.61. The highest BCUT2D eigenvalue weighted by atomic mass is 35.5. The van der Waals surface area contributed by atoms with Gasteiger partial charge in [-0.3, -0.25) is 9.79 Å². The fraction of sp³-hybridized carbons (Fsp3) is 0.450. The van der Waals surface area contributed by atoms with E-state index in [0.717, 1.165) is 11.1 Å². The Kier molecular flexibility index (Phi) is 6.20. The summed E-state index contributed by atoms with van der Waals surface area (Å²) in [4.78, 5) is 20.6. The molecule has 2 heterocycles. The molecule has 1 aromatic carbocycles. The first-order chi connectivity index (χ1) is 13.5. The number of hydrogen-bond donors (Lipinski definition) is 1. The van der Waals surface area contributed by atoms with E-state index in [4.69, 9.17) is 22.6 Å². The van der Waals surface area contributed by atoms with Gasteiger partial charge in [-0.2, -0.15) is 5.26 Å². The average Bonchev–Trinajstić information content (AvgIpc) is 2.71. The molecule has 1 aromatic rings. The molecule has 0 radical (unpaired) electrons. The van der Waals surface area contributed by atoms with Gasteiger partial charge in [-0.05, 0) is 36.8 Å². The molecular weight excluding hydrogens is 381 g/mol. The number of hydrogen-bond acceptors (Lipinski definition) is 5. The normalized spacial score (nSPS) is 19.0. The maximum Gasteiger partial charge on any atom is 0.272 e. The Morgan fingerprint density at radius 1 is 1.36 bits per heavy atom. The van der Waals surface area contributed by atoms with E-state index in [1.165, 1.54) is 6.07 Å². The summed E-state index contributed by atoms with van der Waals surface area (Å²) in [5.41, 5.74) is 8.52. The Labute approximate surface area is 169 Å². The number of piperidine rings is 1. The van der Waals surface area contributed by atoms with E-state index in [0.29, 0.717) is 56.9 Å². The predicted molar refractivity (Wildman–Crippen MR) is 106 cm³/mol. The van der Waals surface area contributed by atoms with Crippen molar-refractivity contribution in [1.82, 2.24) is 9.80 Å². The molecule has 3 rings (SSSR count). The third kappa shape index (κ3) is 3.97. The second-order valence-corrected chi connectivity index (χ2v) is 7.44. The molecule has 2 aliphatic heterocycles. The molecule has 2 aliphatic rings. The smallest absolute Gasteiger partial charge is 0.272 e. The number of halogens is 2. The predicted octanol–water partition coefficient (Wildman–Crippen LogP) is 2.66. The van der Waals surface area contributed by atoms with Crippen molar-refractivity contribution in [2.45, 2.75) is 25.2 Å². The van der Waals surface area contributed by atoms with Gasteiger partial charge in [0.05, 0.1) is 11.6 Å². The van der Waals surface area contributed by atoms with Crippen LogP contribution < -0.4 is 5.73 Å². The molecule has 28 heavy (non-hydrogen) atoms. The topological polar surface area (TPSA) is 85.7 Å². The van der Waals surface area contributed by atoms with E-state index >= 15 is 0 Å². The monoisotopic (exact) mass is 403 g/mol. The quantitative estimate of drug-likeness (QED) is 0.621. The molecule has 0 unspecified atom stereocenters. The van der Waals surface area contributed by atoms with E-state index in [9.17, 15) is 9.18 Å². The third-order valence-electron chi connectivity index (χ3n) is 5.44. The molecule has 0 bridgehead atoms. The average molecular weight is 404 g/mol. The first-order valence-corrected chi connectivity index (χ1v) is 9.66. The number of rotatable bonds is 3. The lowest BCUT2D eigenvalue weighted by atomic mass is 9.89. The van der Waals surface area contributed by atoms with E-state index in [1.54, 1.807) is 22.9 Å². The van der Waals surface area contributed by atoms with Crippen LogP contribution in [-0.4, -0.2) is 54.6 Å². The van der Waals surface area contributed by atoms with Crippen LogP contribution in [0.4, 0.5) is 4.39 Å². The van der Waals surface area contributed by atoms with Crippen molar-refractivity contribution >= 4 is 23.2 Å². The molecule has 0 aromatic heterocycles. The third-order valence-corrected chi connectivity index (χ3v) is 5.84. The minimum atomic E-state index is -0.413. The standard InChI is InChI=1S/C20H23ClFN5O/c1-25-19(15-7-8-26(12-23)11-17(15)24)20(28)27-9-5-13(6-10-27)14-3-2-4-16(22)18(14)21/h2-4,13H,5-11,24H2,1H3/b25-19+. The van der Waals surface area contributed by atoms with Gasteiger partial charge in [-0.15, -0.1) is 0 Å². The zero-order valence-corrected chi connectivity index (χ0v) is 16.5. The molecular formula is C20H23ClFN5O. The summed E-state index contributed by atoms with van der Waals surface area (Å²) in [6.07, 6.45) is 4.02. The SMILES string of the molecule is C/N=C(/C(=O)N1CCC(c2cccc(F)c2Cl)CC1)C1=C(N)CN(C#N)CC1. The van der Waals surface area contributed by atoms with Crippen molar-refractivity contribution in [3.63, 3.8) is 0 Å². The van der Waals surface area contributed by atoms with Gasteiger partial charge in [0.15, 0.2) is 6.19 Å². The van der Waals surface area contributed by atoms with Crippen molar-refractivity contribution in [2.75, 3.05) is 33.2 Å². The zero-order chi connectivity index (χ0) is 20.3. The number of aliphatic imine (C=N–C) groups is 1. The number of nitrogens with two attached hydrogens (primary N) is 1. The lowest BCUT2D eigenvalue weighted by Gasteiger charge is -2.34. The second-order valence-electron chi connectivity index (χ2n) is 7.06. The highest BCUT2D eigenvalue weighted by Crippen LogP contribution is 2.34. The molecule has 0 aliphatic carbocycles. The summed E-state index contributed by atoms with van der Waals surface area (Å²) in [6, 6.07) is 4.87. The molecule has 0 atom stereocenters. The van der Waals surface area contributed by atoms with Gasteiger partial charge in [0, 0.05) is 38.0 Å². The lowest BCUT2D eigenvalue weighted by molar-refractivity contribution is -0.125. The van der Waals surface area contributed by atoms with Gasteiger partial charge in [0.25, 0.3) is 5.91 Å². The summed E-state index contributed by atoms with van der Waals surface area (Å²) < 4.78 is 13.7. The van der Waals surface area contributed by atoms with Gasteiger partial charge < -0.3 is 15.5 Å². The Hall–Kier alpha value is -2.59. The van der Waals surface area contributed by atoms with E-state index < -0.39 is 5.82 Å². The molecule has 0 saturated carbocycles. The number of carbonyl (C=O) groups excluding carboxylic acids is 1. The van der Waals surface area contributed by atoms with Crippen molar-refractivity contribution in [3.05, 3.63) is 45.9 Å². The Morgan fingerprint density at radius 3 is 2.68 bits per heavy atom. The fourth-order valence-electron chi connectivity index (χ4n) is 3.88. The maximum atomic E-state index is 13.7. The van der Waals surface area contributed by atoms with Gasteiger partial charge >= 0.3 is 0 Å². The number of nitrogens with zero attached hydrogens (tertiary/aromatic N) is 4. The Balaban J connectivity index is 1.69. The summed E-state index contributed by atoms with van der Waals surface area (Å²) in [6.45, 7) is 1.94. The summed E-state index contributed by atoms with van der Waals surface area (Å²) >= 11 is 6.12. The first kappa shape index (κ1) is 20.2. The fourth-order valence-corrected chi connectivity index (χ4v) is 4.16. The minimum absolute atomic E-state index is 0.123. The van der Waals surface area contributed by atoms with Crippen molar-refractivity contribution < 1.29 is 9.18 Å². The van der Waals surface area contributed by atoms with Gasteiger partial charge in [0.2, 0.25) is 0 Å². The van der Waals surface area contributed by atoms with E-state index in [2.05, 4.69) is 11.2 Å². The van der Waals surface area contributed by atoms with Gasteiger partial charge in [-0.25, -0.2) is 4.39 Å². The molecule has 1 saturated heterocycles. The van der Waals surface area contributed by atoms with Crippen LogP contribution in [0.2, 0.25) is 5.02 Å². The van der Waals surface area contributed by atoms with Crippen LogP contribution in [-0.2, 0) is 4.79 Å². The number of carbonyl (C=O) groups is 1. The van der Waals surface area contributed by atoms with Crippen LogP contribution in [0.25, 0.3) is 0 Å². The van der Waals surface area contributed by atoms with Crippen LogP contribution in [0.15, 0.2) is 34.5 Å². The number of likely N-dealkylation sites (tertiary alicyclic amines) is 1. The highest BCUT2D eigenvalue weighted by Gasteiger charge is 2.31. The molecule has 1 fully saturated rings. The number of benzene rings is 1. The molecule has 148 valence electrons.